The summed E-state index contributed by atoms with van der Waals surface area (Å²) in [4.78, 5) is 2.42. The van der Waals surface area contributed by atoms with Crippen molar-refractivity contribution < 1.29 is 0 Å². The Morgan fingerprint density at radius 2 is 1.93 bits per heavy atom. The van der Waals surface area contributed by atoms with Gasteiger partial charge in [-0.1, -0.05) is 20.8 Å². The molecular formula is C11H25NS2. The van der Waals surface area contributed by atoms with Gasteiger partial charge in [0.1, 0.15) is 0 Å². The SMILES string of the molecule is CSCCN(C)CC(CS)C(C)(C)C. The van der Waals surface area contributed by atoms with Crippen molar-refractivity contribution in [1.29, 1.82) is 0 Å². The quantitative estimate of drug-likeness (QED) is 0.705. The van der Waals surface area contributed by atoms with E-state index in [4.69, 9.17) is 0 Å². The Balaban J connectivity index is 3.93. The molecule has 14 heavy (non-hydrogen) atoms. The first-order valence-electron chi connectivity index (χ1n) is 5.20. The summed E-state index contributed by atoms with van der Waals surface area (Å²) in [6.45, 7) is 9.25. The molecule has 1 nitrogen and oxygen atoms in total. The summed E-state index contributed by atoms with van der Waals surface area (Å²) in [5, 5.41) is 0. The molecule has 0 spiro atoms. The van der Waals surface area contributed by atoms with Crippen LogP contribution in [0.15, 0.2) is 0 Å². The van der Waals surface area contributed by atoms with Gasteiger partial charge in [0.05, 0.1) is 0 Å². The van der Waals surface area contributed by atoms with Gasteiger partial charge in [0, 0.05) is 18.8 Å². The molecule has 1 atom stereocenters. The van der Waals surface area contributed by atoms with Gasteiger partial charge in [-0.2, -0.15) is 24.4 Å². The van der Waals surface area contributed by atoms with Crippen LogP contribution >= 0.6 is 24.4 Å². The molecule has 0 N–H and O–H groups in total. The molecule has 0 rings (SSSR count). The number of thioether (sulfide) groups is 1. The zero-order valence-corrected chi connectivity index (χ0v) is 11.9. The van der Waals surface area contributed by atoms with E-state index in [1.54, 1.807) is 0 Å². The van der Waals surface area contributed by atoms with Crippen molar-refractivity contribution in [2.24, 2.45) is 11.3 Å². The Bertz CT molecular complexity index is 143. The second-order valence-corrected chi connectivity index (χ2v) is 6.35. The summed E-state index contributed by atoms with van der Waals surface area (Å²) < 4.78 is 0. The minimum atomic E-state index is 0.370. The number of nitrogens with zero attached hydrogens (tertiary/aromatic N) is 1. The van der Waals surface area contributed by atoms with Crippen LogP contribution in [0.5, 0.6) is 0 Å². The minimum absolute atomic E-state index is 0.370. The van der Waals surface area contributed by atoms with E-state index in [0.29, 0.717) is 11.3 Å². The van der Waals surface area contributed by atoms with Crippen molar-refractivity contribution in [3.8, 4) is 0 Å². The van der Waals surface area contributed by atoms with Gasteiger partial charge in [-0.15, -0.1) is 0 Å². The first-order valence-corrected chi connectivity index (χ1v) is 7.22. The van der Waals surface area contributed by atoms with Gasteiger partial charge >= 0.3 is 0 Å². The summed E-state index contributed by atoms with van der Waals surface area (Å²) in [6, 6.07) is 0. The molecule has 0 heterocycles. The van der Waals surface area contributed by atoms with E-state index in [-0.39, 0.29) is 0 Å². The van der Waals surface area contributed by atoms with Crippen LogP contribution < -0.4 is 0 Å². The van der Waals surface area contributed by atoms with Crippen LogP contribution in [-0.2, 0) is 0 Å². The molecule has 0 saturated carbocycles. The third kappa shape index (κ3) is 6.20. The smallest absolute Gasteiger partial charge is 0.00693 e. The van der Waals surface area contributed by atoms with Gasteiger partial charge in [0.15, 0.2) is 0 Å². The maximum atomic E-state index is 4.44. The molecule has 0 radical (unpaired) electrons. The lowest BCUT2D eigenvalue weighted by molar-refractivity contribution is 0.193. The van der Waals surface area contributed by atoms with E-state index in [2.05, 4.69) is 51.6 Å². The molecule has 0 bridgehead atoms. The topological polar surface area (TPSA) is 3.24 Å². The fourth-order valence-corrected chi connectivity index (χ4v) is 2.48. The summed E-state index contributed by atoms with van der Waals surface area (Å²) in [6.07, 6.45) is 2.16. The van der Waals surface area contributed by atoms with E-state index >= 15 is 0 Å². The molecule has 0 aliphatic carbocycles. The molecule has 0 aromatic carbocycles. The van der Waals surface area contributed by atoms with Gasteiger partial charge in [0.2, 0.25) is 0 Å². The van der Waals surface area contributed by atoms with Crippen molar-refractivity contribution >= 4 is 24.4 Å². The van der Waals surface area contributed by atoms with E-state index in [0.717, 1.165) is 12.3 Å². The normalized spacial score (nSPS) is 14.8. The van der Waals surface area contributed by atoms with Gasteiger partial charge in [-0.3, -0.25) is 0 Å². The molecule has 0 aromatic rings. The van der Waals surface area contributed by atoms with Crippen molar-refractivity contribution in [3.05, 3.63) is 0 Å². The zero-order chi connectivity index (χ0) is 11.2. The van der Waals surface area contributed by atoms with E-state index < -0.39 is 0 Å². The standard InChI is InChI=1S/C11H25NS2/c1-11(2,3)10(9-13)8-12(4)6-7-14-5/h10,13H,6-9H2,1-5H3. The molecule has 1 unspecified atom stereocenters. The Morgan fingerprint density at radius 3 is 2.29 bits per heavy atom. The molecule has 86 valence electrons. The van der Waals surface area contributed by atoms with Crippen LogP contribution in [0.2, 0.25) is 0 Å². The van der Waals surface area contributed by atoms with E-state index in [1.807, 2.05) is 11.8 Å². The van der Waals surface area contributed by atoms with E-state index in [1.165, 1.54) is 12.3 Å². The number of hydrogen-bond donors (Lipinski definition) is 1. The molecule has 0 saturated heterocycles. The summed E-state index contributed by atoms with van der Waals surface area (Å²) in [5.41, 5.74) is 0.370. The Kier molecular flexibility index (Phi) is 7.35. The summed E-state index contributed by atoms with van der Waals surface area (Å²) >= 11 is 6.35. The fourth-order valence-electron chi connectivity index (χ4n) is 1.32. The molecule has 0 amide bonds. The second-order valence-electron chi connectivity index (χ2n) is 5.00. The van der Waals surface area contributed by atoms with E-state index in [9.17, 15) is 0 Å². The molecule has 0 aliphatic rings. The maximum Gasteiger partial charge on any atom is 0.00693 e. The highest BCUT2D eigenvalue weighted by atomic mass is 32.2. The predicted octanol–water partition coefficient (Wildman–Crippen LogP) is 2.87. The molecule has 3 heteroatoms. The number of hydrogen-bond acceptors (Lipinski definition) is 3. The van der Waals surface area contributed by atoms with Crippen LogP contribution in [0, 0.1) is 11.3 Å². The second kappa shape index (κ2) is 7.02. The third-order valence-electron chi connectivity index (χ3n) is 2.65. The highest BCUT2D eigenvalue weighted by Gasteiger charge is 2.24. The zero-order valence-electron chi connectivity index (χ0n) is 10.2. The number of rotatable bonds is 6. The van der Waals surface area contributed by atoms with Crippen molar-refractivity contribution in [2.75, 3.05) is 37.9 Å². The van der Waals surface area contributed by atoms with Gasteiger partial charge in [-0.25, -0.2) is 0 Å². The van der Waals surface area contributed by atoms with Crippen molar-refractivity contribution in [1.82, 2.24) is 4.90 Å². The predicted molar refractivity (Wildman–Crippen MR) is 72.7 cm³/mol. The van der Waals surface area contributed by atoms with Crippen LogP contribution in [-0.4, -0.2) is 42.8 Å². The Hall–Kier alpha value is 0.660. The van der Waals surface area contributed by atoms with Crippen LogP contribution in [0.25, 0.3) is 0 Å². The third-order valence-corrected chi connectivity index (χ3v) is 3.69. The highest BCUT2D eigenvalue weighted by molar-refractivity contribution is 7.98. The Labute approximate surface area is 99.4 Å². The lowest BCUT2D eigenvalue weighted by Gasteiger charge is -2.33. The number of thiol groups is 1. The van der Waals surface area contributed by atoms with Gasteiger partial charge in [0.25, 0.3) is 0 Å². The lowest BCUT2D eigenvalue weighted by Crippen LogP contribution is -2.35. The fraction of sp³-hybridized carbons (Fsp3) is 1.00. The first kappa shape index (κ1) is 14.7. The monoisotopic (exact) mass is 235 g/mol. The van der Waals surface area contributed by atoms with Gasteiger partial charge in [-0.05, 0) is 30.4 Å². The molecule has 0 fully saturated rings. The maximum absolute atomic E-state index is 4.44. The summed E-state index contributed by atoms with van der Waals surface area (Å²) in [7, 11) is 2.21. The largest absolute Gasteiger partial charge is 0.305 e. The van der Waals surface area contributed by atoms with Gasteiger partial charge < -0.3 is 4.90 Å². The average molecular weight is 235 g/mol. The molecular weight excluding hydrogens is 210 g/mol. The Morgan fingerprint density at radius 1 is 1.36 bits per heavy atom. The molecule has 0 aliphatic heterocycles. The lowest BCUT2D eigenvalue weighted by atomic mass is 9.81. The van der Waals surface area contributed by atoms with Crippen LogP contribution in [0.1, 0.15) is 20.8 Å². The van der Waals surface area contributed by atoms with Crippen LogP contribution in [0.3, 0.4) is 0 Å². The molecule has 0 aromatic heterocycles. The highest BCUT2D eigenvalue weighted by Crippen LogP contribution is 2.27. The van der Waals surface area contributed by atoms with Crippen molar-refractivity contribution in [3.63, 3.8) is 0 Å². The average Bonchev–Trinajstić information content (AvgIpc) is 2.08. The minimum Gasteiger partial charge on any atom is -0.305 e. The first-order chi connectivity index (χ1) is 6.41. The van der Waals surface area contributed by atoms with Crippen molar-refractivity contribution in [2.45, 2.75) is 20.8 Å². The summed E-state index contributed by atoms with van der Waals surface area (Å²) in [5.74, 6) is 2.88. The van der Waals surface area contributed by atoms with Crippen LogP contribution in [0.4, 0.5) is 0 Å².